The summed E-state index contributed by atoms with van der Waals surface area (Å²) in [5.74, 6) is 0.557. The number of para-hydroxylation sites is 1. The molecule has 0 aliphatic heterocycles. The minimum Gasteiger partial charge on any atom is -0.326 e. The van der Waals surface area contributed by atoms with Crippen LogP contribution in [-0.2, 0) is 11.2 Å². The van der Waals surface area contributed by atoms with Gasteiger partial charge in [-0.2, -0.15) is 0 Å². The maximum Gasteiger partial charge on any atom is 0.230 e. The minimum atomic E-state index is -0.0994. The van der Waals surface area contributed by atoms with E-state index >= 15 is 0 Å². The molecular weight excluding hydrogens is 332 g/mol. The monoisotopic (exact) mass is 344 g/mol. The number of benzene rings is 1. The number of thiazole rings is 1. The summed E-state index contributed by atoms with van der Waals surface area (Å²) in [5.41, 5.74) is 1.48. The number of carbonyl (C=O) groups is 1. The van der Waals surface area contributed by atoms with E-state index in [1.165, 1.54) is 11.3 Å². The first kappa shape index (κ1) is 15.5. The van der Waals surface area contributed by atoms with E-state index in [4.69, 9.17) is 11.6 Å². The number of hydrogen-bond acceptors (Lipinski definition) is 5. The lowest BCUT2D eigenvalue weighted by atomic mass is 10.3. The number of hydrogen-bond donors (Lipinski definition) is 2. The van der Waals surface area contributed by atoms with Crippen LogP contribution in [0, 0.1) is 0 Å². The lowest BCUT2D eigenvalue weighted by Gasteiger charge is -2.03. The number of nitrogens with zero attached hydrogens (tertiary/aromatic N) is 2. The molecule has 1 amide bonds. The summed E-state index contributed by atoms with van der Waals surface area (Å²) in [4.78, 5) is 20.5. The van der Waals surface area contributed by atoms with Gasteiger partial charge in [-0.3, -0.25) is 4.79 Å². The van der Waals surface area contributed by atoms with Gasteiger partial charge in [0.2, 0.25) is 5.91 Å². The number of amides is 1. The van der Waals surface area contributed by atoms with Crippen molar-refractivity contribution in [1.29, 1.82) is 0 Å². The van der Waals surface area contributed by atoms with Crippen molar-refractivity contribution < 1.29 is 4.79 Å². The van der Waals surface area contributed by atoms with Gasteiger partial charge in [-0.1, -0.05) is 29.8 Å². The van der Waals surface area contributed by atoms with Gasteiger partial charge in [-0.05, 0) is 24.3 Å². The van der Waals surface area contributed by atoms with Crippen molar-refractivity contribution >= 4 is 45.5 Å². The van der Waals surface area contributed by atoms with Crippen LogP contribution in [0.1, 0.15) is 5.69 Å². The zero-order valence-electron chi connectivity index (χ0n) is 12.0. The van der Waals surface area contributed by atoms with Crippen LogP contribution >= 0.6 is 22.9 Å². The van der Waals surface area contributed by atoms with E-state index in [1.54, 1.807) is 18.3 Å². The number of pyridine rings is 1. The fourth-order valence-electron chi connectivity index (χ4n) is 1.90. The summed E-state index contributed by atoms with van der Waals surface area (Å²) in [7, 11) is 0. The maximum atomic E-state index is 12.0. The van der Waals surface area contributed by atoms with E-state index in [9.17, 15) is 4.79 Å². The van der Waals surface area contributed by atoms with Crippen molar-refractivity contribution in [2.45, 2.75) is 6.42 Å². The molecule has 0 radical (unpaired) electrons. The number of halogens is 1. The molecule has 3 rings (SSSR count). The molecule has 116 valence electrons. The number of rotatable bonds is 5. The summed E-state index contributed by atoms with van der Waals surface area (Å²) in [6.07, 6.45) is 1.78. The Hall–Kier alpha value is -2.44. The van der Waals surface area contributed by atoms with Crippen LogP contribution in [0.3, 0.4) is 0 Å². The van der Waals surface area contributed by atoms with Gasteiger partial charge in [0.15, 0.2) is 5.13 Å². The summed E-state index contributed by atoms with van der Waals surface area (Å²) >= 11 is 7.22. The van der Waals surface area contributed by atoms with Crippen LogP contribution < -0.4 is 10.6 Å². The topological polar surface area (TPSA) is 66.9 Å². The summed E-state index contributed by atoms with van der Waals surface area (Å²) in [6.45, 7) is 0. The Bertz CT molecular complexity index is 789. The van der Waals surface area contributed by atoms with Gasteiger partial charge < -0.3 is 10.6 Å². The molecule has 0 atom stereocenters. The second kappa shape index (κ2) is 7.21. The van der Waals surface area contributed by atoms with Crippen LogP contribution in [0.4, 0.5) is 16.6 Å². The van der Waals surface area contributed by atoms with Crippen molar-refractivity contribution in [2.24, 2.45) is 0 Å². The average molecular weight is 345 g/mol. The lowest BCUT2D eigenvalue weighted by molar-refractivity contribution is -0.115. The van der Waals surface area contributed by atoms with E-state index < -0.39 is 0 Å². The Morgan fingerprint density at radius 1 is 1.17 bits per heavy atom. The average Bonchev–Trinajstić information content (AvgIpc) is 2.97. The molecular formula is C16H13ClN4OS. The predicted octanol–water partition coefficient (Wildman–Crippen LogP) is 4.12. The molecule has 0 saturated carbocycles. The van der Waals surface area contributed by atoms with Crippen LogP contribution in [0.25, 0.3) is 0 Å². The second-order valence-corrected chi connectivity index (χ2v) is 6.02. The highest BCUT2D eigenvalue weighted by Crippen LogP contribution is 2.21. The van der Waals surface area contributed by atoms with Gasteiger partial charge in [-0.25, -0.2) is 9.97 Å². The highest BCUT2D eigenvalue weighted by Gasteiger charge is 2.08. The molecule has 0 saturated heterocycles. The number of aromatic nitrogens is 2. The number of carbonyl (C=O) groups excluding carboxylic acids is 1. The molecule has 0 aliphatic carbocycles. The Balaban J connectivity index is 1.58. The molecule has 2 aromatic heterocycles. The number of anilines is 3. The van der Waals surface area contributed by atoms with Crippen LogP contribution in [0.5, 0.6) is 0 Å². The van der Waals surface area contributed by atoms with E-state index in [0.717, 1.165) is 5.69 Å². The molecule has 0 bridgehead atoms. The van der Waals surface area contributed by atoms with E-state index in [-0.39, 0.29) is 12.3 Å². The van der Waals surface area contributed by atoms with Crippen LogP contribution in [0.2, 0.25) is 5.02 Å². The highest BCUT2D eigenvalue weighted by molar-refractivity contribution is 7.13. The van der Waals surface area contributed by atoms with Gasteiger partial charge in [0.05, 0.1) is 17.1 Å². The summed E-state index contributed by atoms with van der Waals surface area (Å²) in [5, 5.41) is 9.02. The summed E-state index contributed by atoms with van der Waals surface area (Å²) in [6, 6.07) is 12.9. The fraction of sp³-hybridized carbons (Fsp3) is 0.0625. The van der Waals surface area contributed by atoms with E-state index in [2.05, 4.69) is 20.6 Å². The predicted molar refractivity (Wildman–Crippen MR) is 93.4 cm³/mol. The lowest BCUT2D eigenvalue weighted by Crippen LogP contribution is -2.14. The molecule has 0 unspecified atom stereocenters. The Kier molecular flexibility index (Phi) is 4.85. The largest absolute Gasteiger partial charge is 0.326 e. The molecule has 7 heteroatoms. The van der Waals surface area contributed by atoms with Crippen molar-refractivity contribution in [1.82, 2.24) is 9.97 Å². The van der Waals surface area contributed by atoms with Crippen LogP contribution in [-0.4, -0.2) is 15.9 Å². The van der Waals surface area contributed by atoms with Gasteiger partial charge in [-0.15, -0.1) is 11.3 Å². The molecule has 0 aliphatic rings. The first-order valence-corrected chi connectivity index (χ1v) is 8.13. The van der Waals surface area contributed by atoms with Crippen molar-refractivity contribution in [2.75, 3.05) is 10.6 Å². The van der Waals surface area contributed by atoms with Gasteiger partial charge in [0, 0.05) is 17.3 Å². The first-order valence-electron chi connectivity index (χ1n) is 6.87. The molecule has 2 heterocycles. The van der Waals surface area contributed by atoms with Crippen molar-refractivity contribution in [3.8, 4) is 0 Å². The maximum absolute atomic E-state index is 12.0. The summed E-state index contributed by atoms with van der Waals surface area (Å²) < 4.78 is 0. The van der Waals surface area contributed by atoms with E-state index in [0.29, 0.717) is 21.7 Å². The van der Waals surface area contributed by atoms with E-state index in [1.807, 2.05) is 35.7 Å². The molecule has 0 fully saturated rings. The fourth-order valence-corrected chi connectivity index (χ4v) is 2.73. The zero-order chi connectivity index (χ0) is 16.1. The molecule has 2 N–H and O–H groups in total. The number of nitrogens with one attached hydrogen (secondary N) is 2. The third kappa shape index (κ3) is 4.51. The smallest absolute Gasteiger partial charge is 0.230 e. The Labute approximate surface area is 142 Å². The third-order valence-electron chi connectivity index (χ3n) is 2.91. The standard InChI is InChI=1S/C16H13ClN4OS/c17-11-6-7-14(18-9-11)21-16-20-13(10-23-16)8-15(22)19-12-4-2-1-3-5-12/h1-7,9-10H,8H2,(H,19,22)(H,18,20,21). The minimum absolute atomic E-state index is 0.0994. The van der Waals surface area contributed by atoms with Crippen LogP contribution in [0.15, 0.2) is 54.0 Å². The molecule has 23 heavy (non-hydrogen) atoms. The van der Waals surface area contributed by atoms with Crippen molar-refractivity contribution in [3.63, 3.8) is 0 Å². The quantitative estimate of drug-likeness (QED) is 0.730. The first-order chi connectivity index (χ1) is 11.2. The Morgan fingerprint density at radius 2 is 2.00 bits per heavy atom. The SMILES string of the molecule is O=C(Cc1csc(Nc2ccc(Cl)cn2)n1)Nc1ccccc1. The normalized spacial score (nSPS) is 10.3. The van der Waals surface area contributed by atoms with Crippen molar-refractivity contribution in [3.05, 3.63) is 64.8 Å². The van der Waals surface area contributed by atoms with Gasteiger partial charge in [0.1, 0.15) is 5.82 Å². The highest BCUT2D eigenvalue weighted by atomic mass is 35.5. The third-order valence-corrected chi connectivity index (χ3v) is 3.94. The molecule has 1 aromatic carbocycles. The van der Waals surface area contributed by atoms with Gasteiger partial charge >= 0.3 is 0 Å². The zero-order valence-corrected chi connectivity index (χ0v) is 13.6. The Morgan fingerprint density at radius 3 is 2.74 bits per heavy atom. The second-order valence-electron chi connectivity index (χ2n) is 4.72. The molecule has 0 spiro atoms. The van der Waals surface area contributed by atoms with Gasteiger partial charge in [0.25, 0.3) is 0 Å². The molecule has 5 nitrogen and oxygen atoms in total. The molecule has 3 aromatic rings.